The van der Waals surface area contributed by atoms with E-state index < -0.39 is 0 Å². The fraction of sp³-hybridized carbons (Fsp3) is 0.364. The van der Waals surface area contributed by atoms with Crippen LogP contribution in [0.1, 0.15) is 18.4 Å². The smallest absolute Gasteiger partial charge is 0.221 e. The highest BCUT2D eigenvalue weighted by molar-refractivity contribution is 5.88. The van der Waals surface area contributed by atoms with E-state index in [2.05, 4.69) is 5.32 Å². The lowest BCUT2D eigenvalue weighted by atomic mass is 10.00. The molecule has 1 unspecified atom stereocenters. The van der Waals surface area contributed by atoms with Gasteiger partial charge in [-0.3, -0.25) is 4.79 Å². The van der Waals surface area contributed by atoms with Gasteiger partial charge in [0.1, 0.15) is 0 Å². The quantitative estimate of drug-likeness (QED) is 0.681. The molecule has 0 aliphatic heterocycles. The van der Waals surface area contributed by atoms with E-state index >= 15 is 0 Å². The lowest BCUT2D eigenvalue weighted by Gasteiger charge is -2.13. The summed E-state index contributed by atoms with van der Waals surface area (Å²) in [5.74, 6) is -0.181. The van der Waals surface area contributed by atoms with Crippen LogP contribution in [0.25, 0.3) is 0 Å². The molecule has 82 valence electrons. The zero-order valence-corrected chi connectivity index (χ0v) is 8.73. The molecule has 0 fully saturated rings. The van der Waals surface area contributed by atoms with Crippen molar-refractivity contribution in [2.45, 2.75) is 12.8 Å². The Bertz CT molecular complexity index is 335. The van der Waals surface area contributed by atoms with E-state index in [0.717, 1.165) is 11.3 Å². The number of rotatable bonds is 4. The fourth-order valence-corrected chi connectivity index (χ4v) is 1.39. The molecule has 0 aromatic heterocycles. The maximum absolute atomic E-state index is 10.8. The maximum atomic E-state index is 10.8. The minimum Gasteiger partial charge on any atom is -0.396 e. The van der Waals surface area contributed by atoms with Crippen LogP contribution < -0.4 is 11.1 Å². The Balaban J connectivity index is 2.86. The molecule has 4 nitrogen and oxygen atoms in total. The summed E-state index contributed by atoms with van der Waals surface area (Å²) in [6, 6.07) is 7.35. The molecule has 4 N–H and O–H groups in total. The van der Waals surface area contributed by atoms with E-state index in [1.54, 1.807) is 6.07 Å². The van der Waals surface area contributed by atoms with E-state index in [0.29, 0.717) is 6.54 Å². The fourth-order valence-electron chi connectivity index (χ4n) is 1.39. The van der Waals surface area contributed by atoms with Crippen LogP contribution in [0.5, 0.6) is 0 Å². The minimum absolute atomic E-state index is 0.0139. The molecular formula is C11H16N2O2. The highest BCUT2D eigenvalue weighted by Gasteiger charge is 2.08. The summed E-state index contributed by atoms with van der Waals surface area (Å²) in [6.07, 6.45) is 0. The summed E-state index contributed by atoms with van der Waals surface area (Å²) >= 11 is 0. The van der Waals surface area contributed by atoms with Gasteiger partial charge in [-0.25, -0.2) is 0 Å². The molecule has 0 aliphatic carbocycles. The average Bonchev–Trinajstić information content (AvgIpc) is 2.19. The van der Waals surface area contributed by atoms with Crippen molar-refractivity contribution >= 4 is 11.6 Å². The van der Waals surface area contributed by atoms with Crippen LogP contribution >= 0.6 is 0 Å². The van der Waals surface area contributed by atoms with Gasteiger partial charge in [-0.2, -0.15) is 0 Å². The van der Waals surface area contributed by atoms with E-state index in [1.807, 2.05) is 18.2 Å². The largest absolute Gasteiger partial charge is 0.396 e. The van der Waals surface area contributed by atoms with Crippen molar-refractivity contribution in [2.75, 3.05) is 18.5 Å². The topological polar surface area (TPSA) is 75.4 Å². The molecule has 1 aromatic carbocycles. The summed E-state index contributed by atoms with van der Waals surface area (Å²) in [4.78, 5) is 10.8. The molecule has 1 aromatic rings. The van der Waals surface area contributed by atoms with Crippen LogP contribution in [-0.2, 0) is 4.79 Å². The summed E-state index contributed by atoms with van der Waals surface area (Å²) in [6.45, 7) is 1.86. The molecule has 1 rings (SSSR count). The Morgan fingerprint density at radius 2 is 2.33 bits per heavy atom. The molecule has 0 saturated carbocycles. The molecule has 1 amide bonds. The molecule has 0 saturated heterocycles. The van der Waals surface area contributed by atoms with Crippen molar-refractivity contribution < 1.29 is 9.90 Å². The van der Waals surface area contributed by atoms with Gasteiger partial charge in [-0.1, -0.05) is 12.1 Å². The number of nitrogens with two attached hydrogens (primary N) is 1. The number of carbonyl (C=O) groups is 1. The van der Waals surface area contributed by atoms with E-state index in [-0.39, 0.29) is 18.4 Å². The average molecular weight is 208 g/mol. The van der Waals surface area contributed by atoms with Crippen molar-refractivity contribution in [3.63, 3.8) is 0 Å². The predicted molar refractivity (Wildman–Crippen MR) is 59.6 cm³/mol. The van der Waals surface area contributed by atoms with Crippen molar-refractivity contribution in [2.24, 2.45) is 5.73 Å². The molecule has 0 aliphatic rings. The number of aliphatic hydroxyl groups is 1. The number of aliphatic hydroxyl groups excluding tert-OH is 1. The monoisotopic (exact) mass is 208 g/mol. The minimum atomic E-state index is -0.111. The van der Waals surface area contributed by atoms with Gasteiger partial charge in [-0.15, -0.1) is 0 Å². The van der Waals surface area contributed by atoms with Gasteiger partial charge in [0.2, 0.25) is 5.91 Å². The molecule has 0 bridgehead atoms. The Labute approximate surface area is 89.1 Å². The SMILES string of the molecule is CC(=O)Nc1cccc(C(CN)CO)c1. The third-order valence-electron chi connectivity index (χ3n) is 2.18. The number of carbonyl (C=O) groups excluding carboxylic acids is 1. The zero-order valence-electron chi connectivity index (χ0n) is 8.73. The first-order valence-electron chi connectivity index (χ1n) is 4.86. The molecule has 4 heteroatoms. The third-order valence-corrected chi connectivity index (χ3v) is 2.18. The Hall–Kier alpha value is -1.39. The molecular weight excluding hydrogens is 192 g/mol. The van der Waals surface area contributed by atoms with Gasteiger partial charge in [0.05, 0.1) is 6.61 Å². The molecule has 0 radical (unpaired) electrons. The Kier molecular flexibility index (Phi) is 4.27. The van der Waals surface area contributed by atoms with Gasteiger partial charge in [0.15, 0.2) is 0 Å². The highest BCUT2D eigenvalue weighted by atomic mass is 16.3. The first-order chi connectivity index (χ1) is 7.17. The van der Waals surface area contributed by atoms with Crippen LogP contribution in [0.2, 0.25) is 0 Å². The zero-order chi connectivity index (χ0) is 11.3. The van der Waals surface area contributed by atoms with Gasteiger partial charge < -0.3 is 16.2 Å². The van der Waals surface area contributed by atoms with Crippen molar-refractivity contribution in [3.8, 4) is 0 Å². The Morgan fingerprint density at radius 3 is 2.87 bits per heavy atom. The summed E-state index contributed by atoms with van der Waals surface area (Å²) in [7, 11) is 0. The van der Waals surface area contributed by atoms with Gasteiger partial charge >= 0.3 is 0 Å². The second-order valence-corrected chi connectivity index (χ2v) is 3.42. The van der Waals surface area contributed by atoms with Crippen molar-refractivity contribution in [3.05, 3.63) is 29.8 Å². The van der Waals surface area contributed by atoms with Crippen LogP contribution in [0.15, 0.2) is 24.3 Å². The lowest BCUT2D eigenvalue weighted by molar-refractivity contribution is -0.114. The predicted octanol–water partition coefficient (Wildman–Crippen LogP) is 0.680. The van der Waals surface area contributed by atoms with Crippen LogP contribution in [0.4, 0.5) is 5.69 Å². The number of hydrogen-bond acceptors (Lipinski definition) is 3. The van der Waals surface area contributed by atoms with Crippen LogP contribution in [0.3, 0.4) is 0 Å². The lowest BCUT2D eigenvalue weighted by Crippen LogP contribution is -2.16. The van der Waals surface area contributed by atoms with Gasteiger partial charge in [0.25, 0.3) is 0 Å². The number of anilines is 1. The second kappa shape index (κ2) is 5.48. The molecule has 15 heavy (non-hydrogen) atoms. The molecule has 0 spiro atoms. The number of hydrogen-bond donors (Lipinski definition) is 3. The molecule has 1 atom stereocenters. The van der Waals surface area contributed by atoms with E-state index in [9.17, 15) is 4.79 Å². The summed E-state index contributed by atoms with van der Waals surface area (Å²) < 4.78 is 0. The normalized spacial score (nSPS) is 12.2. The first kappa shape index (κ1) is 11.7. The number of benzene rings is 1. The highest BCUT2D eigenvalue weighted by Crippen LogP contribution is 2.18. The summed E-state index contributed by atoms with van der Waals surface area (Å²) in [5.41, 5.74) is 7.18. The molecule has 0 heterocycles. The number of nitrogens with one attached hydrogen (secondary N) is 1. The number of amides is 1. The first-order valence-corrected chi connectivity index (χ1v) is 4.86. The van der Waals surface area contributed by atoms with E-state index in [4.69, 9.17) is 10.8 Å². The Morgan fingerprint density at radius 1 is 1.60 bits per heavy atom. The standard InChI is InChI=1S/C11H16N2O2/c1-8(15)13-11-4-2-3-9(5-11)10(6-12)7-14/h2-5,10,14H,6-7,12H2,1H3,(H,13,15). The maximum Gasteiger partial charge on any atom is 0.221 e. The van der Waals surface area contributed by atoms with Crippen molar-refractivity contribution in [1.29, 1.82) is 0 Å². The van der Waals surface area contributed by atoms with E-state index in [1.165, 1.54) is 6.92 Å². The van der Waals surface area contributed by atoms with Gasteiger partial charge in [-0.05, 0) is 17.7 Å². The summed E-state index contributed by atoms with van der Waals surface area (Å²) in [5, 5.41) is 11.8. The van der Waals surface area contributed by atoms with Crippen LogP contribution in [0, 0.1) is 0 Å². The van der Waals surface area contributed by atoms with Gasteiger partial charge in [0, 0.05) is 25.1 Å². The third kappa shape index (κ3) is 3.34. The second-order valence-electron chi connectivity index (χ2n) is 3.42. The van der Waals surface area contributed by atoms with Crippen molar-refractivity contribution in [1.82, 2.24) is 0 Å². The van der Waals surface area contributed by atoms with Crippen LogP contribution in [-0.4, -0.2) is 24.2 Å².